The Bertz CT molecular complexity index is 630. The number of rotatable bonds is 10. The van der Waals surface area contributed by atoms with Crippen molar-refractivity contribution in [2.24, 2.45) is 4.99 Å². The van der Waals surface area contributed by atoms with E-state index in [1.165, 1.54) is 0 Å². The summed E-state index contributed by atoms with van der Waals surface area (Å²) in [5.74, 6) is 1.53. The van der Waals surface area contributed by atoms with Crippen LogP contribution in [0.1, 0.15) is 12.0 Å². The van der Waals surface area contributed by atoms with E-state index in [-0.39, 0.29) is 0 Å². The molecule has 2 rings (SSSR count). The average Bonchev–Trinajstić information content (AvgIpc) is 3.18. The van der Waals surface area contributed by atoms with E-state index in [1.807, 2.05) is 24.4 Å². The zero-order chi connectivity index (χ0) is 17.7. The molecular formula is C17H26N6O2. The molecule has 0 spiro atoms. The summed E-state index contributed by atoms with van der Waals surface area (Å²) in [5, 5.41) is 10.7. The first kappa shape index (κ1) is 18.9. The number of nitrogens with one attached hydrogen (secondary N) is 2. The minimum absolute atomic E-state index is 0.545. The zero-order valence-electron chi connectivity index (χ0n) is 14.8. The maximum Gasteiger partial charge on any atom is 0.191 e. The molecule has 8 heteroatoms. The van der Waals surface area contributed by atoms with E-state index in [2.05, 4.69) is 25.7 Å². The van der Waals surface area contributed by atoms with Gasteiger partial charge in [0.05, 0.1) is 13.2 Å². The van der Waals surface area contributed by atoms with E-state index < -0.39 is 0 Å². The summed E-state index contributed by atoms with van der Waals surface area (Å²) < 4.78 is 11.9. The molecule has 8 nitrogen and oxygen atoms in total. The van der Waals surface area contributed by atoms with Gasteiger partial charge in [-0.1, -0.05) is 0 Å². The number of guanidine groups is 1. The van der Waals surface area contributed by atoms with Crippen LogP contribution in [0.2, 0.25) is 0 Å². The molecule has 2 heterocycles. The third-order valence-corrected chi connectivity index (χ3v) is 3.39. The molecule has 0 unspecified atom stereocenters. The van der Waals surface area contributed by atoms with Crippen LogP contribution in [0.3, 0.4) is 0 Å². The molecule has 0 amide bonds. The molecule has 0 aliphatic rings. The van der Waals surface area contributed by atoms with Gasteiger partial charge in [0.1, 0.15) is 0 Å². The Morgan fingerprint density at radius 2 is 2.00 bits per heavy atom. The second kappa shape index (κ2) is 11.2. The summed E-state index contributed by atoms with van der Waals surface area (Å²) in [6.07, 6.45) is 6.28. The predicted octanol–water partition coefficient (Wildman–Crippen LogP) is 0.985. The average molecular weight is 346 g/mol. The molecular weight excluding hydrogens is 320 g/mol. The molecule has 0 aliphatic heterocycles. The fourth-order valence-electron chi connectivity index (χ4n) is 2.13. The van der Waals surface area contributed by atoms with Crippen molar-refractivity contribution in [3.8, 4) is 5.82 Å². The second-order valence-corrected chi connectivity index (χ2v) is 5.33. The van der Waals surface area contributed by atoms with Crippen LogP contribution in [0.15, 0.2) is 41.8 Å². The number of nitrogens with zero attached hydrogens (tertiary/aromatic N) is 4. The Kier molecular flexibility index (Phi) is 8.43. The van der Waals surface area contributed by atoms with Crippen molar-refractivity contribution in [1.82, 2.24) is 25.4 Å². The smallest absolute Gasteiger partial charge is 0.191 e. The minimum atomic E-state index is 0.545. The van der Waals surface area contributed by atoms with Crippen molar-refractivity contribution in [2.75, 3.05) is 40.5 Å². The lowest BCUT2D eigenvalue weighted by molar-refractivity contribution is 0.195. The Hall–Kier alpha value is -2.45. The summed E-state index contributed by atoms with van der Waals surface area (Å²) in [4.78, 5) is 8.96. The van der Waals surface area contributed by atoms with Gasteiger partial charge in [-0.3, -0.25) is 0 Å². The third kappa shape index (κ3) is 6.90. The van der Waals surface area contributed by atoms with E-state index in [9.17, 15) is 0 Å². The number of pyridine rings is 1. The molecule has 0 radical (unpaired) electrons. The van der Waals surface area contributed by atoms with Gasteiger partial charge in [0.15, 0.2) is 11.8 Å². The second-order valence-electron chi connectivity index (χ2n) is 5.33. The fourth-order valence-corrected chi connectivity index (χ4v) is 2.13. The van der Waals surface area contributed by atoms with Crippen molar-refractivity contribution >= 4 is 5.96 Å². The van der Waals surface area contributed by atoms with Gasteiger partial charge in [0.2, 0.25) is 0 Å². The quantitative estimate of drug-likeness (QED) is 0.379. The van der Waals surface area contributed by atoms with Gasteiger partial charge in [-0.2, -0.15) is 5.10 Å². The van der Waals surface area contributed by atoms with E-state index in [0.29, 0.717) is 19.7 Å². The third-order valence-electron chi connectivity index (χ3n) is 3.39. The molecule has 0 aliphatic carbocycles. The van der Waals surface area contributed by atoms with E-state index in [1.54, 1.807) is 31.3 Å². The lowest BCUT2D eigenvalue weighted by Crippen LogP contribution is -2.39. The number of aromatic nitrogens is 3. The molecule has 0 bridgehead atoms. The van der Waals surface area contributed by atoms with Crippen molar-refractivity contribution in [3.05, 3.63) is 42.4 Å². The first-order valence-electron chi connectivity index (χ1n) is 8.28. The lowest BCUT2D eigenvalue weighted by atomic mass is 10.2. The topological polar surface area (TPSA) is 85.6 Å². The number of hydrogen-bond acceptors (Lipinski definition) is 5. The van der Waals surface area contributed by atoms with Crippen molar-refractivity contribution < 1.29 is 9.47 Å². The first-order chi connectivity index (χ1) is 12.3. The number of methoxy groups -OCH3 is 2. The van der Waals surface area contributed by atoms with Crippen LogP contribution in [-0.4, -0.2) is 61.2 Å². The van der Waals surface area contributed by atoms with Crippen molar-refractivity contribution in [1.29, 1.82) is 0 Å². The van der Waals surface area contributed by atoms with Crippen LogP contribution in [0.25, 0.3) is 5.82 Å². The Balaban J connectivity index is 1.96. The van der Waals surface area contributed by atoms with Gasteiger partial charge < -0.3 is 20.1 Å². The molecule has 0 fully saturated rings. The van der Waals surface area contributed by atoms with E-state index in [0.717, 1.165) is 36.9 Å². The van der Waals surface area contributed by atoms with Gasteiger partial charge in [0, 0.05) is 52.5 Å². The van der Waals surface area contributed by atoms with Crippen LogP contribution in [-0.2, 0) is 16.0 Å². The van der Waals surface area contributed by atoms with Gasteiger partial charge in [0.25, 0.3) is 0 Å². The highest BCUT2D eigenvalue weighted by Crippen LogP contribution is 2.07. The Morgan fingerprint density at radius 3 is 2.76 bits per heavy atom. The molecule has 0 atom stereocenters. The van der Waals surface area contributed by atoms with Gasteiger partial charge in [-0.25, -0.2) is 14.7 Å². The van der Waals surface area contributed by atoms with Crippen LogP contribution in [0, 0.1) is 0 Å². The first-order valence-corrected chi connectivity index (χ1v) is 8.28. The largest absolute Gasteiger partial charge is 0.385 e. The van der Waals surface area contributed by atoms with Gasteiger partial charge in [-0.05, 0) is 30.2 Å². The predicted molar refractivity (Wildman–Crippen MR) is 96.9 cm³/mol. The normalized spacial score (nSPS) is 11.5. The van der Waals surface area contributed by atoms with Crippen molar-refractivity contribution in [3.63, 3.8) is 0 Å². The SMILES string of the molecule is COCCCNC(=NCc1ccnc(-n2cccn2)c1)NCCOC. The van der Waals surface area contributed by atoms with Crippen molar-refractivity contribution in [2.45, 2.75) is 13.0 Å². The molecule has 136 valence electrons. The van der Waals surface area contributed by atoms with E-state index in [4.69, 9.17) is 9.47 Å². The maximum absolute atomic E-state index is 5.07. The number of aliphatic imine (C=N–C) groups is 1. The highest BCUT2D eigenvalue weighted by atomic mass is 16.5. The molecule has 0 saturated carbocycles. The molecule has 25 heavy (non-hydrogen) atoms. The molecule has 0 saturated heterocycles. The number of hydrogen-bond donors (Lipinski definition) is 2. The number of ether oxygens (including phenoxy) is 2. The van der Waals surface area contributed by atoms with Crippen LogP contribution < -0.4 is 10.6 Å². The molecule has 2 aromatic rings. The van der Waals surface area contributed by atoms with Gasteiger partial charge in [-0.15, -0.1) is 0 Å². The summed E-state index contributed by atoms with van der Waals surface area (Å²) >= 11 is 0. The highest BCUT2D eigenvalue weighted by Gasteiger charge is 2.02. The maximum atomic E-state index is 5.07. The summed E-state index contributed by atoms with van der Waals surface area (Å²) in [7, 11) is 3.38. The standard InChI is InChI=1S/C17H26N6O2/c1-24-11-4-6-19-17(20-9-12-25-2)21-14-15-5-8-18-16(13-15)23-10-3-7-22-23/h3,5,7-8,10,13H,4,6,9,11-12,14H2,1-2H3,(H2,19,20,21). The highest BCUT2D eigenvalue weighted by molar-refractivity contribution is 5.79. The van der Waals surface area contributed by atoms with Gasteiger partial charge >= 0.3 is 0 Å². The summed E-state index contributed by atoms with van der Waals surface area (Å²) in [6, 6.07) is 5.80. The fraction of sp³-hybridized carbons (Fsp3) is 0.471. The minimum Gasteiger partial charge on any atom is -0.385 e. The Morgan fingerprint density at radius 1 is 1.16 bits per heavy atom. The van der Waals surface area contributed by atoms with Crippen LogP contribution >= 0.6 is 0 Å². The zero-order valence-corrected chi connectivity index (χ0v) is 14.8. The van der Waals surface area contributed by atoms with E-state index >= 15 is 0 Å². The molecule has 0 aromatic carbocycles. The Labute approximate surface area is 148 Å². The molecule has 2 aromatic heterocycles. The van der Waals surface area contributed by atoms with Crippen LogP contribution in [0.5, 0.6) is 0 Å². The monoisotopic (exact) mass is 346 g/mol. The molecule has 2 N–H and O–H groups in total. The van der Waals surface area contributed by atoms with Crippen LogP contribution in [0.4, 0.5) is 0 Å². The lowest BCUT2D eigenvalue weighted by Gasteiger charge is -2.12. The summed E-state index contributed by atoms with van der Waals surface area (Å²) in [6.45, 7) is 3.37. The summed E-state index contributed by atoms with van der Waals surface area (Å²) in [5.41, 5.74) is 1.06.